The zero-order valence-corrected chi connectivity index (χ0v) is 16.8. The average Bonchev–Trinajstić information content (AvgIpc) is 3.33. The zero-order chi connectivity index (χ0) is 19.9. The van der Waals surface area contributed by atoms with Crippen molar-refractivity contribution in [3.05, 3.63) is 78.4 Å². The van der Waals surface area contributed by atoms with Gasteiger partial charge in [0.15, 0.2) is 0 Å². The van der Waals surface area contributed by atoms with Gasteiger partial charge in [0.05, 0.1) is 26.7 Å². The predicted octanol–water partition coefficient (Wildman–Crippen LogP) is 3.04. The summed E-state index contributed by atoms with van der Waals surface area (Å²) in [7, 11) is 1.70. The zero-order valence-electron chi connectivity index (χ0n) is 16.8. The molecule has 4 rings (SSSR count). The quantitative estimate of drug-likeness (QED) is 0.639. The molecule has 1 aliphatic rings. The summed E-state index contributed by atoms with van der Waals surface area (Å²) < 4.78 is 12.9. The predicted molar refractivity (Wildman–Crippen MR) is 113 cm³/mol. The summed E-state index contributed by atoms with van der Waals surface area (Å²) in [5.74, 6) is 0.889. The van der Waals surface area contributed by atoms with Crippen LogP contribution in [-0.2, 0) is 11.3 Å². The Labute approximate surface area is 172 Å². The molecule has 6 heteroatoms. The second-order valence-electron chi connectivity index (χ2n) is 7.20. The normalized spacial score (nSPS) is 15.9. The van der Waals surface area contributed by atoms with Crippen LogP contribution < -0.4 is 10.1 Å². The van der Waals surface area contributed by atoms with Crippen LogP contribution in [0.25, 0.3) is 5.69 Å². The first kappa shape index (κ1) is 19.6. The van der Waals surface area contributed by atoms with Crippen LogP contribution >= 0.6 is 0 Å². The van der Waals surface area contributed by atoms with Gasteiger partial charge in [-0.1, -0.05) is 24.3 Å². The number of morpholine rings is 1. The fourth-order valence-electron chi connectivity index (χ4n) is 3.72. The Morgan fingerprint density at radius 3 is 2.48 bits per heavy atom. The number of hydrogen-bond donors (Lipinski definition) is 1. The van der Waals surface area contributed by atoms with Crippen LogP contribution in [0.1, 0.15) is 17.2 Å². The largest absolute Gasteiger partial charge is 0.497 e. The van der Waals surface area contributed by atoms with Crippen LogP contribution in [0.4, 0.5) is 0 Å². The number of nitrogens with zero attached hydrogens (tertiary/aromatic N) is 3. The van der Waals surface area contributed by atoms with E-state index in [4.69, 9.17) is 9.47 Å². The van der Waals surface area contributed by atoms with Gasteiger partial charge in [-0.15, -0.1) is 0 Å². The number of methoxy groups -OCH3 is 1. The highest BCUT2D eigenvalue weighted by atomic mass is 16.5. The lowest BCUT2D eigenvalue weighted by Crippen LogP contribution is -2.42. The lowest BCUT2D eigenvalue weighted by atomic mass is 10.0. The number of hydrogen-bond acceptors (Lipinski definition) is 5. The van der Waals surface area contributed by atoms with E-state index in [-0.39, 0.29) is 0 Å². The molecule has 1 atom stereocenters. The van der Waals surface area contributed by atoms with Crippen LogP contribution in [0.15, 0.2) is 67.3 Å². The molecule has 0 aliphatic carbocycles. The number of nitrogens with one attached hydrogen (secondary N) is 1. The summed E-state index contributed by atoms with van der Waals surface area (Å²) in [5, 5.41) is 3.65. The monoisotopic (exact) mass is 392 g/mol. The molecule has 1 fully saturated rings. The fourth-order valence-corrected chi connectivity index (χ4v) is 3.72. The molecule has 2 heterocycles. The molecule has 1 N–H and O–H groups in total. The van der Waals surface area contributed by atoms with Gasteiger partial charge < -0.3 is 19.4 Å². The van der Waals surface area contributed by atoms with Gasteiger partial charge in [0, 0.05) is 50.3 Å². The highest BCUT2D eigenvalue weighted by molar-refractivity contribution is 5.34. The standard InChI is InChI=1S/C23H28N4O2/c1-28-22-8-4-20(5-9-22)23(26-12-14-29-15-13-26)17-25-16-19-2-6-21(7-3-19)27-11-10-24-18-27/h2-11,18,23,25H,12-17H2,1H3. The van der Waals surface area contributed by atoms with Gasteiger partial charge in [0.2, 0.25) is 0 Å². The van der Waals surface area contributed by atoms with Crippen LogP contribution in [0.2, 0.25) is 0 Å². The summed E-state index contributed by atoms with van der Waals surface area (Å²) in [5.41, 5.74) is 3.69. The Bertz CT molecular complexity index is 857. The smallest absolute Gasteiger partial charge is 0.118 e. The number of benzene rings is 2. The van der Waals surface area contributed by atoms with Gasteiger partial charge in [0.1, 0.15) is 5.75 Å². The molecule has 0 bridgehead atoms. The van der Waals surface area contributed by atoms with Crippen LogP contribution in [-0.4, -0.2) is 54.4 Å². The molecule has 0 saturated carbocycles. The molecule has 0 spiro atoms. The van der Waals surface area contributed by atoms with Crippen molar-refractivity contribution < 1.29 is 9.47 Å². The Balaban J connectivity index is 1.39. The molecular weight excluding hydrogens is 364 g/mol. The van der Waals surface area contributed by atoms with Gasteiger partial charge in [-0.2, -0.15) is 0 Å². The molecule has 3 aromatic rings. The van der Waals surface area contributed by atoms with Gasteiger partial charge in [0.25, 0.3) is 0 Å². The van der Waals surface area contributed by atoms with Gasteiger partial charge in [-0.25, -0.2) is 4.98 Å². The molecule has 29 heavy (non-hydrogen) atoms. The van der Waals surface area contributed by atoms with Crippen LogP contribution in [0, 0.1) is 0 Å². The van der Waals surface area contributed by atoms with Gasteiger partial charge >= 0.3 is 0 Å². The van der Waals surface area contributed by atoms with Crippen LogP contribution in [0.3, 0.4) is 0 Å². The highest BCUT2D eigenvalue weighted by Gasteiger charge is 2.22. The Morgan fingerprint density at radius 2 is 1.83 bits per heavy atom. The van der Waals surface area contributed by atoms with E-state index in [2.05, 4.69) is 51.6 Å². The van der Waals surface area contributed by atoms with E-state index in [9.17, 15) is 0 Å². The summed E-state index contributed by atoms with van der Waals surface area (Å²) in [6.45, 7) is 5.22. The van der Waals surface area contributed by atoms with E-state index in [1.54, 1.807) is 13.3 Å². The van der Waals surface area contributed by atoms with E-state index in [0.29, 0.717) is 6.04 Å². The van der Waals surface area contributed by atoms with Crippen molar-refractivity contribution >= 4 is 0 Å². The van der Waals surface area contributed by atoms with Gasteiger partial charge in [-0.3, -0.25) is 4.90 Å². The minimum atomic E-state index is 0.315. The summed E-state index contributed by atoms with van der Waals surface area (Å²) in [4.78, 5) is 6.60. The van der Waals surface area contributed by atoms with Crippen molar-refractivity contribution in [1.29, 1.82) is 0 Å². The molecule has 1 aromatic heterocycles. The molecule has 1 unspecified atom stereocenters. The molecule has 152 valence electrons. The third-order valence-electron chi connectivity index (χ3n) is 5.39. The van der Waals surface area contributed by atoms with Crippen LogP contribution in [0.5, 0.6) is 5.75 Å². The van der Waals surface area contributed by atoms with Crippen molar-refractivity contribution in [2.45, 2.75) is 12.6 Å². The van der Waals surface area contributed by atoms with E-state index >= 15 is 0 Å². The molecule has 1 aliphatic heterocycles. The van der Waals surface area contributed by atoms with Gasteiger partial charge in [-0.05, 0) is 35.4 Å². The number of ether oxygens (including phenoxy) is 2. The Kier molecular flexibility index (Phi) is 6.56. The second-order valence-corrected chi connectivity index (χ2v) is 7.20. The van der Waals surface area contributed by atoms with E-state index in [0.717, 1.165) is 50.8 Å². The highest BCUT2D eigenvalue weighted by Crippen LogP contribution is 2.24. The van der Waals surface area contributed by atoms with Crippen molar-refractivity contribution in [2.75, 3.05) is 40.0 Å². The maximum Gasteiger partial charge on any atom is 0.118 e. The Morgan fingerprint density at radius 1 is 1.07 bits per heavy atom. The molecule has 0 amide bonds. The van der Waals surface area contributed by atoms with E-state index in [1.807, 2.05) is 29.2 Å². The van der Waals surface area contributed by atoms with Crippen molar-refractivity contribution in [3.63, 3.8) is 0 Å². The summed E-state index contributed by atoms with van der Waals surface area (Å²) in [6.07, 6.45) is 5.56. The minimum Gasteiger partial charge on any atom is -0.497 e. The summed E-state index contributed by atoms with van der Waals surface area (Å²) in [6, 6.07) is 17.3. The molecule has 6 nitrogen and oxygen atoms in total. The van der Waals surface area contributed by atoms with E-state index in [1.165, 1.54) is 11.1 Å². The molecule has 0 radical (unpaired) electrons. The Hall–Kier alpha value is -2.67. The lowest BCUT2D eigenvalue weighted by Gasteiger charge is -2.35. The maximum absolute atomic E-state index is 5.55. The number of imidazole rings is 1. The number of rotatable bonds is 8. The SMILES string of the molecule is COc1ccc(C(CNCc2ccc(-n3ccnc3)cc2)N2CCOCC2)cc1. The third-order valence-corrected chi connectivity index (χ3v) is 5.39. The summed E-state index contributed by atoms with van der Waals surface area (Å²) >= 11 is 0. The maximum atomic E-state index is 5.55. The third kappa shape index (κ3) is 5.03. The lowest BCUT2D eigenvalue weighted by molar-refractivity contribution is 0.0161. The first-order valence-electron chi connectivity index (χ1n) is 10.1. The average molecular weight is 393 g/mol. The molecule has 2 aromatic carbocycles. The molecule has 1 saturated heterocycles. The fraction of sp³-hybridized carbons (Fsp3) is 0.348. The first-order chi connectivity index (χ1) is 14.3. The topological polar surface area (TPSA) is 51.5 Å². The first-order valence-corrected chi connectivity index (χ1v) is 10.1. The number of aromatic nitrogens is 2. The minimum absolute atomic E-state index is 0.315. The van der Waals surface area contributed by atoms with Crippen molar-refractivity contribution in [2.24, 2.45) is 0 Å². The van der Waals surface area contributed by atoms with Crippen molar-refractivity contribution in [3.8, 4) is 11.4 Å². The second kappa shape index (κ2) is 9.69. The van der Waals surface area contributed by atoms with Crippen molar-refractivity contribution in [1.82, 2.24) is 19.8 Å². The van der Waals surface area contributed by atoms with E-state index < -0.39 is 0 Å². The molecular formula is C23H28N4O2.